The fourth-order valence-corrected chi connectivity index (χ4v) is 3.74. The van der Waals surface area contributed by atoms with E-state index >= 15 is 0 Å². The van der Waals surface area contributed by atoms with Crippen LogP contribution in [0.4, 0.5) is 4.39 Å². The molecule has 0 aliphatic carbocycles. The van der Waals surface area contributed by atoms with Crippen molar-refractivity contribution in [3.63, 3.8) is 0 Å². The van der Waals surface area contributed by atoms with Gasteiger partial charge in [-0.3, -0.25) is 13.9 Å². The zero-order valence-electron chi connectivity index (χ0n) is 19.9. The van der Waals surface area contributed by atoms with E-state index in [1.807, 2.05) is 24.3 Å². The largest absolute Gasteiger partial charge is 0.396 e. The van der Waals surface area contributed by atoms with Gasteiger partial charge in [0.05, 0.1) is 12.4 Å². The predicted molar refractivity (Wildman–Crippen MR) is 132 cm³/mol. The lowest BCUT2D eigenvalue weighted by Crippen LogP contribution is -2.40. The summed E-state index contributed by atoms with van der Waals surface area (Å²) < 4.78 is 17.4. The second kappa shape index (κ2) is 10.5. The minimum absolute atomic E-state index is 0.0723. The summed E-state index contributed by atoms with van der Waals surface area (Å²) in [4.78, 5) is 31.0. The van der Waals surface area contributed by atoms with E-state index in [-0.39, 0.29) is 43.2 Å². The van der Waals surface area contributed by atoms with Crippen LogP contribution in [0.2, 0.25) is 0 Å². The first-order valence-electron chi connectivity index (χ1n) is 11.1. The molecule has 1 aromatic carbocycles. The van der Waals surface area contributed by atoms with Crippen LogP contribution in [-0.4, -0.2) is 30.4 Å². The number of nitrogens with zero attached hydrogens (tertiary/aromatic N) is 4. The van der Waals surface area contributed by atoms with Crippen LogP contribution in [0.15, 0.2) is 57.4 Å². The smallest absolute Gasteiger partial charge is 0.332 e. The number of allylic oxidation sites excluding steroid dienone is 4. The second-order valence-corrected chi connectivity index (χ2v) is 8.44. The molecular weight excluding hydrogens is 435 g/mol. The molecule has 34 heavy (non-hydrogen) atoms. The maximum atomic E-state index is 13.4. The highest BCUT2D eigenvalue weighted by Gasteiger charge is 2.22. The molecule has 0 fully saturated rings. The van der Waals surface area contributed by atoms with Gasteiger partial charge in [0, 0.05) is 31.3 Å². The Balaban J connectivity index is 2.38. The summed E-state index contributed by atoms with van der Waals surface area (Å²) in [7, 11) is 1.55. The van der Waals surface area contributed by atoms with Crippen LogP contribution in [-0.2, 0) is 20.1 Å². The average molecular weight is 465 g/mol. The number of aryl methyl sites for hydroxylation is 1. The molecule has 0 saturated carbocycles. The molecule has 0 bridgehead atoms. The molecule has 0 unspecified atom stereocenters. The molecule has 2 heterocycles. The van der Waals surface area contributed by atoms with Crippen LogP contribution >= 0.6 is 0 Å². The lowest BCUT2D eigenvalue weighted by atomic mass is 10.0. The molecule has 0 saturated heterocycles. The Hall–Kier alpha value is -3.70. The zero-order valence-corrected chi connectivity index (χ0v) is 19.9. The van der Waals surface area contributed by atoms with Gasteiger partial charge in [0.1, 0.15) is 5.82 Å². The van der Waals surface area contributed by atoms with E-state index in [1.165, 1.54) is 23.6 Å². The molecule has 0 amide bonds. The predicted octanol–water partition coefficient (Wildman–Crippen LogP) is 3.50. The second-order valence-electron chi connectivity index (χ2n) is 8.44. The van der Waals surface area contributed by atoms with Crippen molar-refractivity contribution in [3.05, 3.63) is 74.2 Å². The molecule has 178 valence electrons. The fraction of sp³-hybridized carbons (Fsp3) is 0.346. The summed E-state index contributed by atoms with van der Waals surface area (Å²) >= 11 is 0. The van der Waals surface area contributed by atoms with Gasteiger partial charge in [-0.2, -0.15) is 0 Å². The number of benzene rings is 1. The highest BCUT2D eigenvalue weighted by Crippen LogP contribution is 2.27. The quantitative estimate of drug-likeness (QED) is 0.409. The van der Waals surface area contributed by atoms with Crippen molar-refractivity contribution in [1.29, 1.82) is 0 Å². The first-order chi connectivity index (χ1) is 16.2. The molecule has 0 aliphatic heterocycles. The topological polar surface area (TPSA) is 82.1 Å². The summed E-state index contributed by atoms with van der Waals surface area (Å²) in [5.74, 6) is 2.91. The van der Waals surface area contributed by atoms with Gasteiger partial charge in [0.15, 0.2) is 11.2 Å². The Morgan fingerprint density at radius 1 is 1.26 bits per heavy atom. The van der Waals surface area contributed by atoms with Crippen molar-refractivity contribution in [2.75, 3.05) is 6.61 Å². The van der Waals surface area contributed by atoms with E-state index in [1.54, 1.807) is 11.6 Å². The van der Waals surface area contributed by atoms with Crippen molar-refractivity contribution >= 4 is 11.2 Å². The van der Waals surface area contributed by atoms with Crippen LogP contribution in [0.1, 0.15) is 38.7 Å². The Morgan fingerprint density at radius 2 is 2.00 bits per heavy atom. The van der Waals surface area contributed by atoms with Crippen molar-refractivity contribution in [1.82, 2.24) is 18.7 Å². The number of terminal acetylenes is 1. The van der Waals surface area contributed by atoms with Gasteiger partial charge in [-0.1, -0.05) is 38.0 Å². The minimum Gasteiger partial charge on any atom is -0.396 e. The summed E-state index contributed by atoms with van der Waals surface area (Å²) in [5.41, 5.74) is 1.72. The summed E-state index contributed by atoms with van der Waals surface area (Å²) in [6.45, 7) is 5.48. The molecular formula is C26H29FN4O3. The summed E-state index contributed by atoms with van der Waals surface area (Å²) in [5, 5.41) is 9.22. The van der Waals surface area contributed by atoms with E-state index in [0.29, 0.717) is 11.4 Å². The number of imidazole rings is 1. The number of hydrogen-bond donors (Lipinski definition) is 1. The maximum absolute atomic E-state index is 13.4. The van der Waals surface area contributed by atoms with E-state index in [9.17, 15) is 19.1 Å². The molecule has 3 rings (SSSR count). The van der Waals surface area contributed by atoms with Crippen LogP contribution in [0.3, 0.4) is 0 Å². The highest BCUT2D eigenvalue weighted by molar-refractivity contribution is 5.77. The first-order valence-corrected chi connectivity index (χ1v) is 11.1. The first kappa shape index (κ1) is 24.9. The van der Waals surface area contributed by atoms with Gasteiger partial charge in [-0.25, -0.2) is 14.2 Å². The van der Waals surface area contributed by atoms with E-state index in [4.69, 9.17) is 6.42 Å². The van der Waals surface area contributed by atoms with Crippen LogP contribution < -0.4 is 11.2 Å². The Bertz CT molecular complexity index is 1430. The molecule has 2 aromatic heterocycles. The molecule has 1 N–H and O–H groups in total. The van der Waals surface area contributed by atoms with Gasteiger partial charge in [0.25, 0.3) is 5.56 Å². The lowest BCUT2D eigenvalue weighted by Gasteiger charge is -2.12. The number of aromatic nitrogens is 4. The van der Waals surface area contributed by atoms with Gasteiger partial charge in [0.2, 0.25) is 0 Å². The zero-order chi connectivity index (χ0) is 25.0. The lowest BCUT2D eigenvalue weighted by molar-refractivity contribution is 0.277. The Labute approximate surface area is 197 Å². The van der Waals surface area contributed by atoms with Gasteiger partial charge in [-0.15, -0.1) is 6.42 Å². The van der Waals surface area contributed by atoms with Gasteiger partial charge in [-0.05, 0) is 43.0 Å². The number of aliphatic hydroxyl groups excluding tert-OH is 1. The number of rotatable bonds is 8. The van der Waals surface area contributed by atoms with Crippen LogP contribution in [0.25, 0.3) is 22.6 Å². The molecule has 7 nitrogen and oxygen atoms in total. The summed E-state index contributed by atoms with van der Waals surface area (Å²) in [6.07, 6.45) is 8.70. The van der Waals surface area contributed by atoms with E-state index in [0.717, 1.165) is 15.7 Å². The van der Waals surface area contributed by atoms with Crippen LogP contribution in [0.5, 0.6) is 0 Å². The highest BCUT2D eigenvalue weighted by atomic mass is 19.1. The molecule has 0 radical (unpaired) electrons. The van der Waals surface area contributed by atoms with Crippen molar-refractivity contribution < 1.29 is 9.50 Å². The molecule has 0 aliphatic rings. The number of hydrogen-bond acceptors (Lipinski definition) is 4. The number of halogens is 1. The standard InChI is InChI=1S/C26H29FN4O3/c1-6-19(12-11-18(4)27)16-31-22-24(29(5)26(34)30(25(22)33)13-8-14-32)28-23(31)21-10-7-9-20(15-21)17(2)3/h1,7,9-12,15,17,32H,8,13-14,16H2,2-5H3/b18-11+,19-12+. The van der Waals surface area contributed by atoms with Gasteiger partial charge >= 0.3 is 5.69 Å². The third-order valence-corrected chi connectivity index (χ3v) is 5.61. The van der Waals surface area contributed by atoms with Crippen molar-refractivity contribution in [2.24, 2.45) is 7.05 Å². The van der Waals surface area contributed by atoms with E-state index < -0.39 is 17.1 Å². The number of aliphatic hydroxyl groups is 1. The van der Waals surface area contributed by atoms with E-state index in [2.05, 4.69) is 24.8 Å². The van der Waals surface area contributed by atoms with Gasteiger partial charge < -0.3 is 9.67 Å². The fourth-order valence-electron chi connectivity index (χ4n) is 3.74. The SMILES string of the molecule is C#C/C(=C\C=C(/C)F)Cn1c(-c2cccc(C(C)C)c2)nc2c1c(=O)n(CCCO)c(=O)n2C. The molecule has 8 heteroatoms. The Morgan fingerprint density at radius 3 is 2.62 bits per heavy atom. The normalized spacial score (nSPS) is 12.5. The third-order valence-electron chi connectivity index (χ3n) is 5.61. The maximum Gasteiger partial charge on any atom is 0.332 e. The molecule has 0 spiro atoms. The van der Waals surface area contributed by atoms with Crippen LogP contribution in [0, 0.1) is 12.3 Å². The minimum atomic E-state index is -0.515. The Kier molecular flexibility index (Phi) is 7.69. The monoisotopic (exact) mass is 464 g/mol. The summed E-state index contributed by atoms with van der Waals surface area (Å²) in [6, 6.07) is 7.81. The molecule has 0 atom stereocenters. The van der Waals surface area contributed by atoms with Crippen molar-refractivity contribution in [3.8, 4) is 23.7 Å². The molecule has 3 aromatic rings. The third kappa shape index (κ3) is 4.95. The number of fused-ring (bicyclic) bond motifs is 1. The average Bonchev–Trinajstić information content (AvgIpc) is 3.19. The van der Waals surface area contributed by atoms with Crippen molar-refractivity contribution in [2.45, 2.75) is 46.2 Å².